The molecule has 0 spiro atoms. The highest BCUT2D eigenvalue weighted by Crippen LogP contribution is 2.15. The molecule has 0 saturated carbocycles. The van der Waals surface area contributed by atoms with E-state index in [1.54, 1.807) is 0 Å². The van der Waals surface area contributed by atoms with Crippen LogP contribution < -0.4 is 4.74 Å². The predicted octanol–water partition coefficient (Wildman–Crippen LogP) is 2.04. The molecule has 1 aliphatic rings. The normalized spacial score (nSPS) is 22.6. The summed E-state index contributed by atoms with van der Waals surface area (Å²) >= 11 is 0. The predicted molar refractivity (Wildman–Crippen MR) is 49.7 cm³/mol. The van der Waals surface area contributed by atoms with Crippen LogP contribution in [0.25, 0.3) is 0 Å². The molecule has 0 bridgehead atoms. The summed E-state index contributed by atoms with van der Waals surface area (Å²) in [5, 5.41) is 0. The topological polar surface area (TPSA) is 18.5 Å². The van der Waals surface area contributed by atoms with Crippen LogP contribution in [0.15, 0.2) is 24.3 Å². The smallest absolute Gasteiger partial charge is 0.122 e. The molecule has 13 heavy (non-hydrogen) atoms. The van der Waals surface area contributed by atoms with E-state index in [0.29, 0.717) is 0 Å². The quantitative estimate of drug-likeness (QED) is 0.688. The third kappa shape index (κ3) is 2.46. The first-order valence-electron chi connectivity index (χ1n) is 4.66. The van der Waals surface area contributed by atoms with Gasteiger partial charge in [0.05, 0.1) is 6.61 Å². The summed E-state index contributed by atoms with van der Waals surface area (Å²) in [6.45, 7) is 1.60. The summed E-state index contributed by atoms with van der Waals surface area (Å²) in [6.07, 6.45) is 2.43. The van der Waals surface area contributed by atoms with Crippen molar-refractivity contribution in [2.75, 3.05) is 13.2 Å². The van der Waals surface area contributed by atoms with Gasteiger partial charge in [-0.2, -0.15) is 0 Å². The van der Waals surface area contributed by atoms with Crippen molar-refractivity contribution in [1.29, 1.82) is 0 Å². The zero-order valence-corrected chi connectivity index (χ0v) is 7.53. The van der Waals surface area contributed by atoms with Crippen LogP contribution in [-0.4, -0.2) is 19.3 Å². The molecule has 1 aliphatic heterocycles. The number of hydrogen-bond donors (Lipinski definition) is 0. The Labute approximate surface area is 78.5 Å². The largest absolute Gasteiger partial charge is 0.488 e. The van der Waals surface area contributed by atoms with Gasteiger partial charge in [-0.1, -0.05) is 12.1 Å². The summed E-state index contributed by atoms with van der Waals surface area (Å²) in [5.41, 5.74) is 0. The Bertz CT molecular complexity index is 240. The minimum absolute atomic E-state index is 0.233. The molecular weight excluding hydrogens is 164 g/mol. The second-order valence-corrected chi connectivity index (χ2v) is 3.19. The average molecular weight is 177 g/mol. The Morgan fingerprint density at radius 1 is 1.38 bits per heavy atom. The fourth-order valence-corrected chi connectivity index (χ4v) is 1.45. The van der Waals surface area contributed by atoms with Gasteiger partial charge >= 0.3 is 0 Å². The first-order chi connectivity index (χ1) is 6.45. The summed E-state index contributed by atoms with van der Waals surface area (Å²) in [4.78, 5) is 0. The Balaban J connectivity index is 1.90. The van der Waals surface area contributed by atoms with Crippen LogP contribution in [0.4, 0.5) is 0 Å². The summed E-state index contributed by atoms with van der Waals surface area (Å²) in [6, 6.07) is 10.5. The monoisotopic (exact) mass is 177 g/mol. The van der Waals surface area contributed by atoms with Crippen LogP contribution in [0.3, 0.4) is 0 Å². The fourth-order valence-electron chi connectivity index (χ4n) is 1.45. The van der Waals surface area contributed by atoms with Crippen molar-refractivity contribution < 1.29 is 9.47 Å². The van der Waals surface area contributed by atoms with Crippen molar-refractivity contribution >= 4 is 0 Å². The molecule has 0 aromatic heterocycles. The maximum atomic E-state index is 5.71. The zero-order chi connectivity index (χ0) is 8.93. The van der Waals surface area contributed by atoms with E-state index in [0.717, 1.165) is 31.8 Å². The van der Waals surface area contributed by atoms with E-state index in [1.165, 1.54) is 0 Å². The zero-order valence-electron chi connectivity index (χ0n) is 7.53. The molecule has 2 heteroatoms. The maximum absolute atomic E-state index is 5.71. The van der Waals surface area contributed by atoms with Crippen LogP contribution >= 0.6 is 0 Å². The molecule has 0 N–H and O–H groups in total. The highest BCUT2D eigenvalue weighted by atomic mass is 16.5. The van der Waals surface area contributed by atoms with Gasteiger partial charge in [-0.05, 0) is 31.0 Å². The van der Waals surface area contributed by atoms with Gasteiger partial charge in [0.2, 0.25) is 0 Å². The molecule has 1 aromatic carbocycles. The van der Waals surface area contributed by atoms with Gasteiger partial charge in [-0.25, -0.2) is 0 Å². The fraction of sp³-hybridized carbons (Fsp3) is 0.455. The van der Waals surface area contributed by atoms with Crippen molar-refractivity contribution in [1.82, 2.24) is 0 Å². The SMILES string of the molecule is [c]1ccc(OC2CCCOC2)cc1. The van der Waals surface area contributed by atoms with Crippen LogP contribution in [0, 0.1) is 6.07 Å². The van der Waals surface area contributed by atoms with E-state index in [1.807, 2.05) is 24.3 Å². The minimum Gasteiger partial charge on any atom is -0.488 e. The van der Waals surface area contributed by atoms with Crippen molar-refractivity contribution in [3.05, 3.63) is 30.3 Å². The van der Waals surface area contributed by atoms with Gasteiger partial charge in [0.25, 0.3) is 0 Å². The van der Waals surface area contributed by atoms with Gasteiger partial charge in [-0.3, -0.25) is 0 Å². The molecule has 1 aromatic rings. The molecule has 1 atom stereocenters. The third-order valence-electron chi connectivity index (χ3n) is 2.11. The van der Waals surface area contributed by atoms with Gasteiger partial charge < -0.3 is 9.47 Å². The molecule has 2 rings (SSSR count). The first kappa shape index (κ1) is 8.57. The average Bonchev–Trinajstić information content (AvgIpc) is 2.21. The molecule has 2 nitrogen and oxygen atoms in total. The van der Waals surface area contributed by atoms with E-state index >= 15 is 0 Å². The van der Waals surface area contributed by atoms with E-state index < -0.39 is 0 Å². The van der Waals surface area contributed by atoms with E-state index in [9.17, 15) is 0 Å². The van der Waals surface area contributed by atoms with Crippen LogP contribution in [0.5, 0.6) is 5.75 Å². The molecule has 1 saturated heterocycles. The van der Waals surface area contributed by atoms with Crippen LogP contribution in [0.2, 0.25) is 0 Å². The molecule has 1 unspecified atom stereocenters. The Morgan fingerprint density at radius 2 is 2.23 bits per heavy atom. The van der Waals surface area contributed by atoms with Gasteiger partial charge in [0.1, 0.15) is 11.9 Å². The number of benzene rings is 1. The molecule has 1 radical (unpaired) electrons. The Kier molecular flexibility index (Phi) is 2.82. The van der Waals surface area contributed by atoms with Crippen molar-refractivity contribution in [2.45, 2.75) is 18.9 Å². The number of ether oxygens (including phenoxy) is 2. The molecule has 1 fully saturated rings. The lowest BCUT2D eigenvalue weighted by Crippen LogP contribution is -2.27. The maximum Gasteiger partial charge on any atom is 0.122 e. The minimum atomic E-state index is 0.233. The van der Waals surface area contributed by atoms with E-state index in [-0.39, 0.29) is 6.10 Å². The number of rotatable bonds is 2. The molecule has 1 heterocycles. The van der Waals surface area contributed by atoms with E-state index in [4.69, 9.17) is 9.47 Å². The van der Waals surface area contributed by atoms with Crippen molar-refractivity contribution in [3.8, 4) is 5.75 Å². The van der Waals surface area contributed by atoms with Crippen molar-refractivity contribution in [2.24, 2.45) is 0 Å². The summed E-state index contributed by atoms with van der Waals surface area (Å²) < 4.78 is 11.0. The molecule has 69 valence electrons. The highest BCUT2D eigenvalue weighted by Gasteiger charge is 2.14. The lowest BCUT2D eigenvalue weighted by Gasteiger charge is -2.23. The molecular formula is C11H13O2. The van der Waals surface area contributed by atoms with E-state index in [2.05, 4.69) is 6.07 Å². The first-order valence-corrected chi connectivity index (χ1v) is 4.66. The van der Waals surface area contributed by atoms with Gasteiger partial charge in [0.15, 0.2) is 0 Å². The lowest BCUT2D eigenvalue weighted by molar-refractivity contribution is 0.00743. The Morgan fingerprint density at radius 3 is 2.92 bits per heavy atom. The second-order valence-electron chi connectivity index (χ2n) is 3.19. The molecule has 0 amide bonds. The third-order valence-corrected chi connectivity index (χ3v) is 2.11. The summed E-state index contributed by atoms with van der Waals surface area (Å²) in [5.74, 6) is 0.911. The van der Waals surface area contributed by atoms with Crippen molar-refractivity contribution in [3.63, 3.8) is 0 Å². The lowest BCUT2D eigenvalue weighted by atomic mass is 10.2. The number of hydrogen-bond acceptors (Lipinski definition) is 2. The van der Waals surface area contributed by atoms with Crippen LogP contribution in [-0.2, 0) is 4.74 Å². The van der Waals surface area contributed by atoms with Gasteiger partial charge in [0, 0.05) is 6.61 Å². The van der Waals surface area contributed by atoms with Crippen LogP contribution in [0.1, 0.15) is 12.8 Å². The Hall–Kier alpha value is -1.02. The molecule has 0 aliphatic carbocycles. The second kappa shape index (κ2) is 4.28. The van der Waals surface area contributed by atoms with Gasteiger partial charge in [-0.15, -0.1) is 0 Å². The highest BCUT2D eigenvalue weighted by molar-refractivity contribution is 5.20. The standard InChI is InChI=1S/C11H13O2/c1-2-5-10(6-3-1)13-11-7-4-8-12-9-11/h2-3,5-6,11H,4,7-9H2. The summed E-state index contributed by atoms with van der Waals surface area (Å²) in [7, 11) is 0.